The number of benzene rings is 2. The van der Waals surface area contributed by atoms with Crippen LogP contribution in [0, 0.1) is 0 Å². The molecular weight excluding hydrogens is 346 g/mol. The number of carbonyl (C=O) groups excluding carboxylic acids is 2. The van der Waals surface area contributed by atoms with Gasteiger partial charge < -0.3 is 10.1 Å². The van der Waals surface area contributed by atoms with Gasteiger partial charge in [0, 0.05) is 5.56 Å². The minimum atomic E-state index is -0.802. The van der Waals surface area contributed by atoms with E-state index in [9.17, 15) is 9.59 Å². The molecule has 2 amide bonds. The second kappa shape index (κ2) is 6.91. The van der Waals surface area contributed by atoms with Crippen LogP contribution in [0.15, 0.2) is 54.6 Å². The lowest BCUT2D eigenvalue weighted by atomic mass is 10.1. The van der Waals surface area contributed by atoms with Gasteiger partial charge in [0.15, 0.2) is 5.82 Å². The summed E-state index contributed by atoms with van der Waals surface area (Å²) in [6.07, 6.45) is -0.0222. The zero-order valence-electron chi connectivity index (χ0n) is 14.5. The summed E-state index contributed by atoms with van der Waals surface area (Å²) in [6.45, 7) is 0. The van der Waals surface area contributed by atoms with E-state index in [0.717, 1.165) is 5.56 Å². The molecule has 136 valence electrons. The van der Waals surface area contributed by atoms with Crippen LogP contribution in [0.1, 0.15) is 12.5 Å². The number of rotatable bonds is 4. The van der Waals surface area contributed by atoms with Gasteiger partial charge in [0.25, 0.3) is 0 Å². The molecule has 1 aliphatic heterocycles. The van der Waals surface area contributed by atoms with Gasteiger partial charge in [0.05, 0.1) is 19.2 Å². The van der Waals surface area contributed by atoms with E-state index in [-0.39, 0.29) is 24.2 Å². The minimum Gasteiger partial charge on any atom is -0.495 e. The first-order valence-corrected chi connectivity index (χ1v) is 8.41. The standard InChI is InChI=1S/C19H17N5O3/c1-27-15-10-6-5-9-13(15)20-18(26)14-11-16(25)21-19-22-17(23-24(14)19)12-7-3-2-4-8-12/h2-10,14H,11H2,1H3,(H,20,26)(H,21,22,23,25)/t14-/m0/s1. The molecule has 0 saturated carbocycles. The van der Waals surface area contributed by atoms with Crippen LogP contribution in [0.25, 0.3) is 11.4 Å². The summed E-state index contributed by atoms with van der Waals surface area (Å²) in [6, 6.07) is 15.7. The van der Waals surface area contributed by atoms with Gasteiger partial charge in [-0.05, 0) is 12.1 Å². The maximum absolute atomic E-state index is 12.9. The van der Waals surface area contributed by atoms with Crippen LogP contribution in [-0.4, -0.2) is 33.7 Å². The molecule has 8 nitrogen and oxygen atoms in total. The number of methoxy groups -OCH3 is 1. The molecule has 0 bridgehead atoms. The summed E-state index contributed by atoms with van der Waals surface area (Å²) in [7, 11) is 1.53. The van der Waals surface area contributed by atoms with Gasteiger partial charge >= 0.3 is 0 Å². The number of para-hydroxylation sites is 2. The second-order valence-electron chi connectivity index (χ2n) is 6.03. The van der Waals surface area contributed by atoms with Crippen LogP contribution in [0.3, 0.4) is 0 Å². The summed E-state index contributed by atoms with van der Waals surface area (Å²) < 4.78 is 6.71. The van der Waals surface area contributed by atoms with Crippen molar-refractivity contribution in [2.75, 3.05) is 17.7 Å². The third-order valence-corrected chi connectivity index (χ3v) is 4.26. The molecule has 8 heteroatoms. The fourth-order valence-electron chi connectivity index (χ4n) is 2.94. The molecule has 1 aromatic heterocycles. The first kappa shape index (κ1) is 16.8. The van der Waals surface area contributed by atoms with Gasteiger partial charge in [-0.25, -0.2) is 4.68 Å². The highest BCUT2D eigenvalue weighted by atomic mass is 16.5. The van der Waals surface area contributed by atoms with E-state index in [1.54, 1.807) is 18.2 Å². The molecule has 2 aromatic carbocycles. The highest BCUT2D eigenvalue weighted by Gasteiger charge is 2.33. The van der Waals surface area contributed by atoms with Crippen LogP contribution in [0.2, 0.25) is 0 Å². The number of fused-ring (bicyclic) bond motifs is 1. The van der Waals surface area contributed by atoms with Crippen molar-refractivity contribution in [3.63, 3.8) is 0 Å². The van der Waals surface area contributed by atoms with Crippen molar-refractivity contribution in [1.82, 2.24) is 14.8 Å². The third-order valence-electron chi connectivity index (χ3n) is 4.26. The Morgan fingerprint density at radius 1 is 1.19 bits per heavy atom. The van der Waals surface area contributed by atoms with E-state index < -0.39 is 6.04 Å². The van der Waals surface area contributed by atoms with Crippen molar-refractivity contribution in [3.8, 4) is 17.1 Å². The maximum atomic E-state index is 12.9. The summed E-state index contributed by atoms with van der Waals surface area (Å²) in [5.74, 6) is 0.595. The zero-order chi connectivity index (χ0) is 18.8. The van der Waals surface area contributed by atoms with Crippen molar-refractivity contribution in [1.29, 1.82) is 0 Å². The molecule has 0 spiro atoms. The van der Waals surface area contributed by atoms with Gasteiger partial charge in [-0.2, -0.15) is 4.98 Å². The lowest BCUT2D eigenvalue weighted by Gasteiger charge is -2.22. The predicted octanol–water partition coefficient (Wildman–Crippen LogP) is 2.48. The molecule has 0 unspecified atom stereocenters. The molecule has 0 saturated heterocycles. The molecule has 1 aliphatic rings. The number of nitrogens with zero attached hydrogens (tertiary/aromatic N) is 3. The van der Waals surface area contributed by atoms with Crippen LogP contribution in [-0.2, 0) is 9.59 Å². The number of carbonyl (C=O) groups is 2. The zero-order valence-corrected chi connectivity index (χ0v) is 14.5. The van der Waals surface area contributed by atoms with Crippen LogP contribution in [0.4, 0.5) is 11.6 Å². The van der Waals surface area contributed by atoms with Crippen LogP contribution >= 0.6 is 0 Å². The third kappa shape index (κ3) is 3.24. The van der Waals surface area contributed by atoms with Crippen LogP contribution in [0.5, 0.6) is 5.75 Å². The number of aromatic nitrogens is 3. The molecule has 2 heterocycles. The number of ether oxygens (including phenoxy) is 1. The Labute approximate surface area is 155 Å². The summed E-state index contributed by atoms with van der Waals surface area (Å²) in [5, 5.41) is 9.92. The Balaban J connectivity index is 1.65. The molecule has 2 N–H and O–H groups in total. The molecule has 27 heavy (non-hydrogen) atoms. The smallest absolute Gasteiger partial charge is 0.250 e. The van der Waals surface area contributed by atoms with Crippen molar-refractivity contribution >= 4 is 23.5 Å². The number of hydrogen-bond acceptors (Lipinski definition) is 5. The Morgan fingerprint density at radius 3 is 2.70 bits per heavy atom. The van der Waals surface area contributed by atoms with E-state index in [1.807, 2.05) is 36.4 Å². The summed E-state index contributed by atoms with van der Waals surface area (Å²) in [5.41, 5.74) is 1.33. The lowest BCUT2D eigenvalue weighted by Crippen LogP contribution is -2.36. The van der Waals surface area contributed by atoms with Crippen molar-refractivity contribution in [2.24, 2.45) is 0 Å². The van der Waals surface area contributed by atoms with Crippen LogP contribution < -0.4 is 15.4 Å². The molecule has 0 fully saturated rings. The van der Waals surface area contributed by atoms with Gasteiger partial charge in [0.1, 0.15) is 11.8 Å². The average molecular weight is 363 g/mol. The second-order valence-corrected chi connectivity index (χ2v) is 6.03. The van der Waals surface area contributed by atoms with Gasteiger partial charge in [-0.1, -0.05) is 42.5 Å². The number of hydrogen-bond donors (Lipinski definition) is 2. The van der Waals surface area contributed by atoms with E-state index >= 15 is 0 Å². The number of amides is 2. The van der Waals surface area contributed by atoms with Gasteiger partial charge in [-0.15, -0.1) is 5.10 Å². The minimum absolute atomic E-state index is 0.0222. The normalized spacial score (nSPS) is 15.6. The van der Waals surface area contributed by atoms with Crippen molar-refractivity contribution < 1.29 is 14.3 Å². The highest BCUT2D eigenvalue weighted by molar-refractivity contribution is 6.01. The molecule has 1 atom stereocenters. The molecule has 0 radical (unpaired) electrons. The first-order chi connectivity index (χ1) is 13.2. The Bertz CT molecular complexity index is 1000. The number of anilines is 2. The fourth-order valence-corrected chi connectivity index (χ4v) is 2.94. The van der Waals surface area contributed by atoms with Crippen molar-refractivity contribution in [2.45, 2.75) is 12.5 Å². The Morgan fingerprint density at radius 2 is 1.93 bits per heavy atom. The highest BCUT2D eigenvalue weighted by Crippen LogP contribution is 2.29. The van der Waals surface area contributed by atoms with E-state index in [0.29, 0.717) is 17.3 Å². The van der Waals surface area contributed by atoms with Crippen molar-refractivity contribution in [3.05, 3.63) is 54.6 Å². The fraction of sp³-hybridized carbons (Fsp3) is 0.158. The Kier molecular flexibility index (Phi) is 4.29. The van der Waals surface area contributed by atoms with E-state index in [4.69, 9.17) is 4.74 Å². The van der Waals surface area contributed by atoms with E-state index in [2.05, 4.69) is 20.7 Å². The quantitative estimate of drug-likeness (QED) is 0.742. The van der Waals surface area contributed by atoms with Gasteiger partial charge in [-0.3, -0.25) is 14.9 Å². The Hall–Kier alpha value is -3.68. The maximum Gasteiger partial charge on any atom is 0.250 e. The molecule has 3 aromatic rings. The molecule has 0 aliphatic carbocycles. The number of nitrogens with one attached hydrogen (secondary N) is 2. The monoisotopic (exact) mass is 363 g/mol. The lowest BCUT2D eigenvalue weighted by molar-refractivity contribution is -0.125. The summed E-state index contributed by atoms with van der Waals surface area (Å²) in [4.78, 5) is 29.3. The largest absolute Gasteiger partial charge is 0.495 e. The topological polar surface area (TPSA) is 98.1 Å². The molecule has 4 rings (SSSR count). The predicted molar refractivity (Wildman–Crippen MR) is 99.4 cm³/mol. The van der Waals surface area contributed by atoms with Gasteiger partial charge in [0.2, 0.25) is 17.8 Å². The average Bonchev–Trinajstić information content (AvgIpc) is 3.12. The van der Waals surface area contributed by atoms with E-state index in [1.165, 1.54) is 11.8 Å². The first-order valence-electron chi connectivity index (χ1n) is 8.41. The molecular formula is C19H17N5O3. The summed E-state index contributed by atoms with van der Waals surface area (Å²) >= 11 is 0. The SMILES string of the molecule is COc1ccccc1NC(=O)[C@@H]1CC(=O)Nc2nc(-c3ccccc3)nn21.